The van der Waals surface area contributed by atoms with Gasteiger partial charge < -0.3 is 20.3 Å². The van der Waals surface area contributed by atoms with E-state index in [0.717, 1.165) is 16.3 Å². The summed E-state index contributed by atoms with van der Waals surface area (Å²) in [5.41, 5.74) is 1.52. The zero-order chi connectivity index (χ0) is 22.5. The van der Waals surface area contributed by atoms with Crippen molar-refractivity contribution in [2.24, 2.45) is 0 Å². The number of nitrogens with one attached hydrogen (secondary N) is 1. The van der Waals surface area contributed by atoms with Gasteiger partial charge in [0, 0.05) is 13.0 Å². The number of hydrogen-bond donors (Lipinski definition) is 3. The number of aliphatic hydroxyl groups excluding tert-OH is 2. The summed E-state index contributed by atoms with van der Waals surface area (Å²) in [4.78, 5) is 26.5. The number of β-amino-alcohol motifs (C(OH)–C–C–N with tert-alkyl or cyclic N) is 1. The van der Waals surface area contributed by atoms with E-state index in [-0.39, 0.29) is 26.1 Å². The van der Waals surface area contributed by atoms with Crippen LogP contribution in [0.4, 0.5) is 4.79 Å². The molecule has 7 heteroatoms. The molecule has 32 heavy (non-hydrogen) atoms. The van der Waals surface area contributed by atoms with E-state index in [9.17, 15) is 19.8 Å². The molecule has 0 spiro atoms. The minimum Gasteiger partial charge on any atom is -0.445 e. The van der Waals surface area contributed by atoms with Crippen LogP contribution in [0.2, 0.25) is 0 Å². The summed E-state index contributed by atoms with van der Waals surface area (Å²) in [6, 6.07) is 21.9. The van der Waals surface area contributed by atoms with Crippen LogP contribution in [0.25, 0.3) is 10.8 Å². The molecule has 3 aromatic rings. The van der Waals surface area contributed by atoms with Gasteiger partial charge in [0.05, 0.1) is 18.8 Å². The minimum atomic E-state index is -0.895. The van der Waals surface area contributed by atoms with Crippen molar-refractivity contribution in [3.05, 3.63) is 83.9 Å². The van der Waals surface area contributed by atoms with Crippen LogP contribution in [-0.4, -0.2) is 52.3 Å². The van der Waals surface area contributed by atoms with Crippen molar-refractivity contribution >= 4 is 22.8 Å². The second kappa shape index (κ2) is 9.80. The van der Waals surface area contributed by atoms with Gasteiger partial charge in [-0.2, -0.15) is 0 Å². The average molecular weight is 434 g/mol. The summed E-state index contributed by atoms with van der Waals surface area (Å²) in [6.45, 7) is 0.108. The number of hydrogen-bond acceptors (Lipinski definition) is 5. The van der Waals surface area contributed by atoms with Gasteiger partial charge in [0.2, 0.25) is 5.91 Å². The van der Waals surface area contributed by atoms with Gasteiger partial charge >= 0.3 is 6.09 Å². The molecular weight excluding hydrogens is 408 g/mol. The highest BCUT2D eigenvalue weighted by Gasteiger charge is 2.39. The number of nitrogens with zero attached hydrogens (tertiary/aromatic N) is 1. The molecule has 0 aromatic heterocycles. The molecule has 0 aliphatic carbocycles. The summed E-state index contributed by atoms with van der Waals surface area (Å²) in [5, 5.41) is 25.3. The molecule has 7 nitrogen and oxygen atoms in total. The molecule has 4 rings (SSSR count). The lowest BCUT2D eigenvalue weighted by molar-refractivity contribution is -0.125. The van der Waals surface area contributed by atoms with E-state index in [4.69, 9.17) is 4.74 Å². The van der Waals surface area contributed by atoms with Crippen molar-refractivity contribution in [3.63, 3.8) is 0 Å². The molecule has 3 atom stereocenters. The Bertz CT molecular complexity index is 1090. The third-order valence-corrected chi connectivity index (χ3v) is 5.65. The van der Waals surface area contributed by atoms with Crippen molar-refractivity contribution in [1.29, 1.82) is 0 Å². The summed E-state index contributed by atoms with van der Waals surface area (Å²) < 4.78 is 5.32. The van der Waals surface area contributed by atoms with Crippen LogP contribution in [0, 0.1) is 0 Å². The summed E-state index contributed by atoms with van der Waals surface area (Å²) in [5.74, 6) is -0.432. The molecule has 1 saturated heterocycles. The maximum Gasteiger partial charge on any atom is 0.410 e. The Morgan fingerprint density at radius 2 is 1.75 bits per heavy atom. The number of rotatable bonds is 6. The predicted octanol–water partition coefficient (Wildman–Crippen LogP) is 2.76. The number of carbonyl (C=O) groups is 2. The predicted molar refractivity (Wildman–Crippen MR) is 120 cm³/mol. The Balaban J connectivity index is 1.34. The van der Waals surface area contributed by atoms with Crippen LogP contribution in [0.1, 0.15) is 23.7 Å². The smallest absolute Gasteiger partial charge is 0.410 e. The molecule has 3 aromatic carbocycles. The first kappa shape index (κ1) is 21.8. The van der Waals surface area contributed by atoms with Crippen molar-refractivity contribution in [3.8, 4) is 0 Å². The highest BCUT2D eigenvalue weighted by molar-refractivity contribution is 5.86. The highest BCUT2D eigenvalue weighted by Crippen LogP contribution is 2.22. The zero-order valence-corrected chi connectivity index (χ0v) is 17.6. The van der Waals surface area contributed by atoms with E-state index in [1.165, 1.54) is 4.90 Å². The van der Waals surface area contributed by atoms with Crippen LogP contribution >= 0.6 is 0 Å². The lowest BCUT2D eigenvalue weighted by atomic mass is 10.0. The summed E-state index contributed by atoms with van der Waals surface area (Å²) in [6.07, 6.45) is -2.23. The first-order valence-corrected chi connectivity index (χ1v) is 10.6. The maximum atomic E-state index is 12.7. The number of amides is 2. The topological polar surface area (TPSA) is 99.1 Å². The van der Waals surface area contributed by atoms with Gasteiger partial charge in [0.15, 0.2) is 0 Å². The Morgan fingerprint density at radius 1 is 1.03 bits per heavy atom. The molecule has 1 fully saturated rings. The molecule has 2 amide bonds. The van der Waals surface area contributed by atoms with Gasteiger partial charge in [-0.1, -0.05) is 66.7 Å². The van der Waals surface area contributed by atoms with E-state index < -0.39 is 30.3 Å². The van der Waals surface area contributed by atoms with Crippen LogP contribution in [0.3, 0.4) is 0 Å². The van der Waals surface area contributed by atoms with E-state index in [1.54, 1.807) is 0 Å². The summed E-state index contributed by atoms with van der Waals surface area (Å²) >= 11 is 0. The number of carbonyl (C=O) groups excluding carboxylic acids is 2. The molecule has 1 unspecified atom stereocenters. The third-order valence-electron chi connectivity index (χ3n) is 5.65. The normalized spacial score (nSPS) is 19.0. The van der Waals surface area contributed by atoms with Gasteiger partial charge in [-0.15, -0.1) is 0 Å². The van der Waals surface area contributed by atoms with Crippen molar-refractivity contribution in [1.82, 2.24) is 10.2 Å². The Morgan fingerprint density at radius 3 is 2.53 bits per heavy atom. The van der Waals surface area contributed by atoms with Crippen molar-refractivity contribution < 1.29 is 24.5 Å². The van der Waals surface area contributed by atoms with Crippen molar-refractivity contribution in [2.75, 3.05) is 13.1 Å². The van der Waals surface area contributed by atoms with Crippen LogP contribution in [0.5, 0.6) is 0 Å². The number of aliphatic hydroxyl groups is 2. The van der Waals surface area contributed by atoms with E-state index in [1.807, 2.05) is 72.8 Å². The fraction of sp³-hybridized carbons (Fsp3) is 0.280. The standard InChI is InChI=1S/C25H26N2O5/c28-21-13-22(27(15-21)25(31)32-16-17-6-2-1-3-7-17)24(30)26-14-23(29)20-11-10-18-8-4-5-9-19(18)12-20/h1-12,21-23,28-29H,13-16H2,(H,26,30)/t21-,22+,23?/m1/s1. The molecular formula is C25H26N2O5. The maximum absolute atomic E-state index is 12.7. The Hall–Kier alpha value is -3.42. The molecule has 0 saturated carbocycles. The lowest BCUT2D eigenvalue weighted by Crippen LogP contribution is -2.46. The quantitative estimate of drug-likeness (QED) is 0.554. The number of ether oxygens (including phenoxy) is 1. The van der Waals surface area contributed by atoms with Crippen LogP contribution < -0.4 is 5.32 Å². The van der Waals surface area contributed by atoms with Crippen LogP contribution in [-0.2, 0) is 16.1 Å². The molecule has 1 aliphatic heterocycles. The van der Waals surface area contributed by atoms with Gasteiger partial charge in [-0.05, 0) is 28.0 Å². The number of likely N-dealkylation sites (tertiary alicyclic amines) is 1. The molecule has 1 heterocycles. The fourth-order valence-corrected chi connectivity index (χ4v) is 3.91. The molecule has 0 radical (unpaired) electrons. The van der Waals surface area contributed by atoms with Gasteiger partial charge in [-0.25, -0.2) is 4.79 Å². The van der Waals surface area contributed by atoms with E-state index >= 15 is 0 Å². The average Bonchev–Trinajstić information content (AvgIpc) is 3.23. The second-order valence-electron chi connectivity index (χ2n) is 7.97. The summed E-state index contributed by atoms with van der Waals surface area (Å²) in [7, 11) is 0. The van der Waals surface area contributed by atoms with E-state index in [0.29, 0.717) is 5.56 Å². The Kier molecular flexibility index (Phi) is 6.68. The molecule has 0 bridgehead atoms. The number of benzene rings is 3. The molecule has 3 N–H and O–H groups in total. The van der Waals surface area contributed by atoms with Gasteiger partial charge in [-0.3, -0.25) is 9.69 Å². The van der Waals surface area contributed by atoms with Gasteiger partial charge in [0.25, 0.3) is 0 Å². The Labute approximate surface area is 186 Å². The third kappa shape index (κ3) is 5.07. The first-order valence-electron chi connectivity index (χ1n) is 10.6. The SMILES string of the molecule is O=C(NCC(O)c1ccc2ccccc2c1)[C@@H]1C[C@@H](O)CN1C(=O)OCc1ccccc1. The monoisotopic (exact) mass is 434 g/mol. The second-order valence-corrected chi connectivity index (χ2v) is 7.97. The molecule has 166 valence electrons. The first-order chi connectivity index (χ1) is 15.5. The van der Waals surface area contributed by atoms with Crippen LogP contribution in [0.15, 0.2) is 72.8 Å². The number of fused-ring (bicyclic) bond motifs is 1. The zero-order valence-electron chi connectivity index (χ0n) is 17.6. The minimum absolute atomic E-state index is 0.00330. The highest BCUT2D eigenvalue weighted by atomic mass is 16.6. The van der Waals surface area contributed by atoms with Crippen molar-refractivity contribution in [2.45, 2.75) is 31.3 Å². The lowest BCUT2D eigenvalue weighted by Gasteiger charge is -2.23. The fourth-order valence-electron chi connectivity index (χ4n) is 3.91. The van der Waals surface area contributed by atoms with E-state index in [2.05, 4.69) is 5.32 Å². The van der Waals surface area contributed by atoms with Gasteiger partial charge in [0.1, 0.15) is 12.6 Å². The molecule has 1 aliphatic rings. The largest absolute Gasteiger partial charge is 0.445 e.